The van der Waals surface area contributed by atoms with E-state index < -0.39 is 28.6 Å². The Balaban J connectivity index is 1.86. The topological polar surface area (TPSA) is 125 Å². The zero-order chi connectivity index (χ0) is 20.7. The predicted molar refractivity (Wildman–Crippen MR) is 104 cm³/mol. The van der Waals surface area contributed by atoms with E-state index in [0.29, 0.717) is 0 Å². The molecule has 1 atom stereocenters. The van der Waals surface area contributed by atoms with Crippen molar-refractivity contribution in [1.29, 1.82) is 0 Å². The molecule has 0 saturated heterocycles. The fourth-order valence-corrected chi connectivity index (χ4v) is 2.21. The summed E-state index contributed by atoms with van der Waals surface area (Å²) in [5.74, 6) is -1.80. The number of nitrogens with zero attached hydrogens (tertiary/aromatic N) is 1. The Morgan fingerprint density at radius 3 is 2.54 bits per heavy atom. The molecule has 2 aromatic rings. The maximum Gasteiger partial charge on any atom is 0.270 e. The minimum Gasteiger partial charge on any atom is -0.340 e. The smallest absolute Gasteiger partial charge is 0.270 e. The molecule has 0 saturated carbocycles. The predicted octanol–water partition coefficient (Wildman–Crippen LogP) is 1.87. The Morgan fingerprint density at radius 2 is 1.86 bits per heavy atom. The highest BCUT2D eigenvalue weighted by atomic mass is 32.1. The van der Waals surface area contributed by atoms with Gasteiger partial charge in [0.2, 0.25) is 0 Å². The lowest BCUT2D eigenvalue weighted by Crippen LogP contribution is -2.52. The Morgan fingerprint density at radius 1 is 1.14 bits per heavy atom. The molecule has 0 aliphatic carbocycles. The number of amides is 2. The van der Waals surface area contributed by atoms with Crippen LogP contribution in [0.4, 0.5) is 15.8 Å². The van der Waals surface area contributed by atoms with Gasteiger partial charge in [-0.2, -0.15) is 0 Å². The highest BCUT2D eigenvalue weighted by Crippen LogP contribution is 2.13. The number of nitro groups is 1. The van der Waals surface area contributed by atoms with Crippen LogP contribution in [-0.2, 0) is 4.79 Å². The first-order chi connectivity index (χ1) is 13.3. The van der Waals surface area contributed by atoms with Crippen molar-refractivity contribution in [1.82, 2.24) is 16.2 Å². The van der Waals surface area contributed by atoms with Gasteiger partial charge in [-0.05, 0) is 37.3 Å². The summed E-state index contributed by atoms with van der Waals surface area (Å²) in [7, 11) is 0. The number of carbonyl (C=O) groups is 2. The van der Waals surface area contributed by atoms with Crippen LogP contribution in [-0.4, -0.2) is 27.9 Å². The van der Waals surface area contributed by atoms with Crippen LogP contribution in [0.25, 0.3) is 0 Å². The second-order valence-corrected chi connectivity index (χ2v) is 5.96. The highest BCUT2D eigenvalue weighted by Gasteiger charge is 2.18. The number of nitrogens with one attached hydrogen (secondary N) is 4. The lowest BCUT2D eigenvalue weighted by molar-refractivity contribution is -0.384. The van der Waals surface area contributed by atoms with Gasteiger partial charge < -0.3 is 10.6 Å². The first kappa shape index (κ1) is 20.7. The van der Waals surface area contributed by atoms with E-state index in [0.717, 1.165) is 6.07 Å². The van der Waals surface area contributed by atoms with Crippen LogP contribution in [0.3, 0.4) is 0 Å². The zero-order valence-electron chi connectivity index (χ0n) is 14.6. The molecular formula is C17H16FN5O4S. The number of carbonyl (C=O) groups excluding carboxylic acids is 2. The van der Waals surface area contributed by atoms with Crippen LogP contribution in [0.15, 0.2) is 48.5 Å². The molecule has 28 heavy (non-hydrogen) atoms. The number of thiocarbonyl (C=S) groups is 1. The lowest BCUT2D eigenvalue weighted by atomic mass is 10.2. The van der Waals surface area contributed by atoms with Gasteiger partial charge in [0.1, 0.15) is 11.9 Å². The van der Waals surface area contributed by atoms with E-state index in [4.69, 9.17) is 12.2 Å². The number of para-hydroxylation sites is 1. The standard InChI is InChI=1S/C17H16FN5O4S/c1-10(19-16(25)11-5-4-6-12(9-11)23(26)27)15(24)21-22-17(28)20-14-8-3-2-7-13(14)18/h2-10H,1H3,(H,19,25)(H,21,24)(H2,20,22,28)/t10-/m0/s1. The van der Waals surface area contributed by atoms with E-state index in [1.807, 2.05) is 0 Å². The summed E-state index contributed by atoms with van der Waals surface area (Å²) < 4.78 is 13.5. The number of hydrogen-bond donors (Lipinski definition) is 4. The summed E-state index contributed by atoms with van der Waals surface area (Å²) in [6.45, 7) is 1.42. The molecule has 0 unspecified atom stereocenters. The molecule has 0 heterocycles. The van der Waals surface area contributed by atoms with Crippen LogP contribution in [0.2, 0.25) is 0 Å². The third kappa shape index (κ3) is 5.71. The maximum absolute atomic E-state index is 13.5. The van der Waals surface area contributed by atoms with Crippen molar-refractivity contribution in [2.24, 2.45) is 0 Å². The number of rotatable bonds is 5. The number of anilines is 1. The summed E-state index contributed by atoms with van der Waals surface area (Å²) >= 11 is 4.95. The van der Waals surface area contributed by atoms with Crippen LogP contribution in [0.5, 0.6) is 0 Å². The molecule has 146 valence electrons. The molecule has 0 radical (unpaired) electrons. The third-order valence-electron chi connectivity index (χ3n) is 3.48. The largest absolute Gasteiger partial charge is 0.340 e. The summed E-state index contributed by atoms with van der Waals surface area (Å²) in [5, 5.41) is 15.7. The number of hydrazine groups is 1. The van der Waals surface area contributed by atoms with E-state index in [2.05, 4.69) is 21.5 Å². The summed E-state index contributed by atoms with van der Waals surface area (Å²) in [5.41, 5.74) is 4.59. The number of benzene rings is 2. The monoisotopic (exact) mass is 405 g/mol. The van der Waals surface area contributed by atoms with E-state index in [-0.39, 0.29) is 22.1 Å². The van der Waals surface area contributed by atoms with Crippen molar-refractivity contribution >= 4 is 40.5 Å². The van der Waals surface area contributed by atoms with Crippen LogP contribution in [0.1, 0.15) is 17.3 Å². The number of nitro benzene ring substituents is 1. The van der Waals surface area contributed by atoms with Crippen molar-refractivity contribution in [3.63, 3.8) is 0 Å². The van der Waals surface area contributed by atoms with Crippen molar-refractivity contribution in [3.05, 3.63) is 70.0 Å². The Bertz CT molecular complexity index is 924. The number of hydrogen-bond acceptors (Lipinski definition) is 5. The molecule has 2 aromatic carbocycles. The number of halogens is 1. The minimum absolute atomic E-state index is 0.0403. The second-order valence-electron chi connectivity index (χ2n) is 5.55. The molecule has 4 N–H and O–H groups in total. The Labute approximate surface area is 164 Å². The molecule has 0 aliphatic heterocycles. The van der Waals surface area contributed by atoms with E-state index >= 15 is 0 Å². The van der Waals surface area contributed by atoms with Crippen LogP contribution < -0.4 is 21.5 Å². The van der Waals surface area contributed by atoms with Gasteiger partial charge in [0.25, 0.3) is 17.5 Å². The number of non-ortho nitro benzene ring substituents is 1. The molecule has 11 heteroatoms. The Hall–Kier alpha value is -3.60. The van der Waals surface area contributed by atoms with E-state index in [1.54, 1.807) is 6.07 Å². The van der Waals surface area contributed by atoms with Crippen molar-refractivity contribution in [3.8, 4) is 0 Å². The average Bonchev–Trinajstić information content (AvgIpc) is 2.67. The third-order valence-corrected chi connectivity index (χ3v) is 3.69. The fraction of sp³-hybridized carbons (Fsp3) is 0.118. The quantitative estimate of drug-likeness (QED) is 0.340. The lowest BCUT2D eigenvalue weighted by Gasteiger charge is -2.16. The molecular weight excluding hydrogens is 389 g/mol. The SMILES string of the molecule is C[C@H](NC(=O)c1cccc([N+](=O)[O-])c1)C(=O)NNC(=S)Nc1ccccc1F. The van der Waals surface area contributed by atoms with Gasteiger partial charge in [-0.3, -0.25) is 30.6 Å². The normalized spacial score (nSPS) is 11.1. The van der Waals surface area contributed by atoms with Crippen molar-refractivity contribution < 1.29 is 18.9 Å². The van der Waals surface area contributed by atoms with Gasteiger partial charge in [-0.1, -0.05) is 18.2 Å². The fourth-order valence-electron chi connectivity index (χ4n) is 2.05. The van der Waals surface area contributed by atoms with Crippen LogP contribution in [0, 0.1) is 15.9 Å². The Kier molecular flexibility index (Phi) is 6.93. The second kappa shape index (κ2) is 9.37. The van der Waals surface area contributed by atoms with E-state index in [9.17, 15) is 24.1 Å². The minimum atomic E-state index is -0.976. The highest BCUT2D eigenvalue weighted by molar-refractivity contribution is 7.80. The van der Waals surface area contributed by atoms with Gasteiger partial charge in [0, 0.05) is 17.7 Å². The zero-order valence-corrected chi connectivity index (χ0v) is 15.4. The first-order valence-electron chi connectivity index (χ1n) is 7.94. The molecule has 0 fully saturated rings. The van der Waals surface area contributed by atoms with Crippen molar-refractivity contribution in [2.75, 3.05) is 5.32 Å². The summed E-state index contributed by atoms with van der Waals surface area (Å²) in [4.78, 5) is 34.3. The molecule has 2 rings (SSSR count). The summed E-state index contributed by atoms with van der Waals surface area (Å²) in [6, 6.07) is 9.97. The molecule has 0 bridgehead atoms. The first-order valence-corrected chi connectivity index (χ1v) is 8.35. The van der Waals surface area contributed by atoms with Crippen LogP contribution >= 0.6 is 12.2 Å². The molecule has 0 aromatic heterocycles. The van der Waals surface area contributed by atoms with E-state index in [1.165, 1.54) is 43.3 Å². The maximum atomic E-state index is 13.5. The molecule has 9 nitrogen and oxygen atoms in total. The van der Waals surface area contributed by atoms with Gasteiger partial charge >= 0.3 is 0 Å². The molecule has 0 spiro atoms. The van der Waals surface area contributed by atoms with Gasteiger partial charge in [0.15, 0.2) is 5.11 Å². The van der Waals surface area contributed by atoms with Gasteiger partial charge in [-0.25, -0.2) is 4.39 Å². The van der Waals surface area contributed by atoms with Gasteiger partial charge in [0.05, 0.1) is 10.6 Å². The van der Waals surface area contributed by atoms with Gasteiger partial charge in [-0.15, -0.1) is 0 Å². The molecule has 2 amide bonds. The molecule has 0 aliphatic rings. The summed E-state index contributed by atoms with van der Waals surface area (Å²) in [6.07, 6.45) is 0. The van der Waals surface area contributed by atoms with Crippen molar-refractivity contribution in [2.45, 2.75) is 13.0 Å². The average molecular weight is 405 g/mol.